The van der Waals surface area contributed by atoms with Crippen LogP contribution in [0.3, 0.4) is 0 Å². The fraction of sp³-hybridized carbons (Fsp3) is 0.857. The van der Waals surface area contributed by atoms with E-state index in [2.05, 4.69) is 13.0 Å². The summed E-state index contributed by atoms with van der Waals surface area (Å²) in [6.45, 7) is 4.09. The number of carboxylic acids is 1. The normalized spacial score (nSPS) is 24.6. The van der Waals surface area contributed by atoms with E-state index < -0.39 is 11.6 Å². The van der Waals surface area contributed by atoms with Gasteiger partial charge in [-0.15, -0.1) is 0 Å². The molecule has 25 heavy (non-hydrogen) atoms. The highest BCUT2D eigenvalue weighted by molar-refractivity contribution is 5.66. The quantitative estimate of drug-likeness (QED) is 0.327. The average molecular weight is 355 g/mol. The van der Waals surface area contributed by atoms with Crippen LogP contribution in [0.2, 0.25) is 0 Å². The van der Waals surface area contributed by atoms with E-state index in [1.165, 1.54) is 5.57 Å². The van der Waals surface area contributed by atoms with E-state index in [1.54, 1.807) is 0 Å². The first-order valence-corrected chi connectivity index (χ1v) is 10.2. The summed E-state index contributed by atoms with van der Waals surface area (Å²) < 4.78 is 0. The van der Waals surface area contributed by atoms with Crippen LogP contribution in [0.15, 0.2) is 11.6 Å². The first kappa shape index (κ1) is 22.2. The van der Waals surface area contributed by atoms with E-state index in [0.29, 0.717) is 6.42 Å². The first-order chi connectivity index (χ1) is 11.9. The number of hydrogen-bond donors (Lipinski definition) is 3. The highest BCUT2D eigenvalue weighted by atomic mass is 16.4. The van der Waals surface area contributed by atoms with Crippen molar-refractivity contribution in [1.29, 1.82) is 0 Å². The van der Waals surface area contributed by atoms with Crippen LogP contribution in [0.1, 0.15) is 97.3 Å². The molecule has 0 saturated heterocycles. The van der Waals surface area contributed by atoms with Gasteiger partial charge in [0.05, 0.1) is 11.7 Å². The van der Waals surface area contributed by atoms with Gasteiger partial charge in [-0.25, -0.2) is 0 Å². The van der Waals surface area contributed by atoms with Gasteiger partial charge in [-0.2, -0.15) is 0 Å². The molecular weight excluding hydrogens is 316 g/mol. The Labute approximate surface area is 153 Å². The maximum atomic E-state index is 10.5. The van der Waals surface area contributed by atoms with Crippen molar-refractivity contribution < 1.29 is 20.1 Å². The maximum absolute atomic E-state index is 10.5. The SMILES string of the molecule is CCCCCC(C)(O)CC=C1CC[C@H](O)[C@@H]1CCCCCCC(=O)O. The third-order valence-electron chi connectivity index (χ3n) is 5.45. The minimum Gasteiger partial charge on any atom is -0.481 e. The summed E-state index contributed by atoms with van der Waals surface area (Å²) in [6, 6.07) is 0. The summed E-state index contributed by atoms with van der Waals surface area (Å²) in [7, 11) is 0. The van der Waals surface area contributed by atoms with Crippen LogP contribution in [0.4, 0.5) is 0 Å². The zero-order chi connectivity index (χ0) is 18.7. The second kappa shape index (κ2) is 11.7. The van der Waals surface area contributed by atoms with E-state index in [9.17, 15) is 15.0 Å². The van der Waals surface area contributed by atoms with Gasteiger partial charge in [0.25, 0.3) is 0 Å². The molecule has 0 bridgehead atoms. The predicted molar refractivity (Wildman–Crippen MR) is 102 cm³/mol. The zero-order valence-corrected chi connectivity index (χ0v) is 16.2. The Morgan fingerprint density at radius 1 is 1.20 bits per heavy atom. The van der Waals surface area contributed by atoms with Crippen molar-refractivity contribution in [1.82, 2.24) is 0 Å². The molecule has 0 spiro atoms. The molecule has 0 radical (unpaired) electrons. The largest absolute Gasteiger partial charge is 0.481 e. The number of rotatable bonds is 13. The Hall–Kier alpha value is -0.870. The minimum absolute atomic E-state index is 0.228. The molecule has 0 aromatic carbocycles. The molecule has 0 aromatic heterocycles. The number of carboxylic acid groups (broad SMARTS) is 1. The monoisotopic (exact) mass is 354 g/mol. The van der Waals surface area contributed by atoms with Crippen molar-refractivity contribution in [3.05, 3.63) is 11.6 Å². The van der Waals surface area contributed by atoms with Gasteiger partial charge in [0, 0.05) is 12.3 Å². The van der Waals surface area contributed by atoms with Crippen molar-refractivity contribution in [2.75, 3.05) is 0 Å². The summed E-state index contributed by atoms with van der Waals surface area (Å²) >= 11 is 0. The predicted octanol–water partition coefficient (Wildman–Crippen LogP) is 4.83. The lowest BCUT2D eigenvalue weighted by atomic mass is 9.89. The molecule has 0 amide bonds. The smallest absolute Gasteiger partial charge is 0.303 e. The van der Waals surface area contributed by atoms with Crippen molar-refractivity contribution in [3.8, 4) is 0 Å². The van der Waals surface area contributed by atoms with Crippen molar-refractivity contribution in [2.24, 2.45) is 5.92 Å². The van der Waals surface area contributed by atoms with E-state index in [-0.39, 0.29) is 18.4 Å². The fourth-order valence-corrected chi connectivity index (χ4v) is 3.78. The molecule has 146 valence electrons. The van der Waals surface area contributed by atoms with Crippen LogP contribution in [-0.4, -0.2) is 33.0 Å². The highest BCUT2D eigenvalue weighted by Crippen LogP contribution is 2.36. The summed E-state index contributed by atoms with van der Waals surface area (Å²) in [5, 5.41) is 29.4. The zero-order valence-electron chi connectivity index (χ0n) is 16.2. The van der Waals surface area contributed by atoms with Gasteiger partial charge >= 0.3 is 5.97 Å². The number of hydrogen-bond acceptors (Lipinski definition) is 3. The van der Waals surface area contributed by atoms with Crippen LogP contribution in [0.25, 0.3) is 0 Å². The number of aliphatic carboxylic acids is 1. The summed E-state index contributed by atoms with van der Waals surface area (Å²) in [5.41, 5.74) is 0.672. The molecule has 0 aromatic rings. The van der Waals surface area contributed by atoms with Gasteiger partial charge in [-0.05, 0) is 45.4 Å². The molecule has 4 nitrogen and oxygen atoms in total. The molecule has 3 N–H and O–H groups in total. The molecule has 4 heteroatoms. The van der Waals surface area contributed by atoms with Gasteiger partial charge < -0.3 is 15.3 Å². The average Bonchev–Trinajstić information content (AvgIpc) is 2.89. The van der Waals surface area contributed by atoms with E-state index in [4.69, 9.17) is 5.11 Å². The molecule has 1 rings (SSSR count). The number of carbonyl (C=O) groups is 1. The van der Waals surface area contributed by atoms with E-state index >= 15 is 0 Å². The van der Waals surface area contributed by atoms with Gasteiger partial charge in [0.2, 0.25) is 0 Å². The first-order valence-electron chi connectivity index (χ1n) is 10.2. The Balaban J connectivity index is 2.37. The van der Waals surface area contributed by atoms with E-state index in [1.807, 2.05) is 6.92 Å². The summed E-state index contributed by atoms with van der Waals surface area (Å²) in [6.07, 6.45) is 13.6. The molecular formula is C21H38O4. The fourth-order valence-electron chi connectivity index (χ4n) is 3.78. The standard InChI is InChI=1S/C21H38O4/c1-3-4-9-15-21(2,25)16-14-17-12-13-19(22)18(17)10-7-5-6-8-11-20(23)24/h14,18-19,22,25H,3-13,15-16H2,1-2H3,(H,23,24)/t18-,19+,21?/m1/s1. The number of unbranched alkanes of at least 4 members (excludes halogenated alkanes) is 5. The summed E-state index contributed by atoms with van der Waals surface area (Å²) in [5.74, 6) is -0.492. The van der Waals surface area contributed by atoms with Gasteiger partial charge in [0.15, 0.2) is 0 Å². The third-order valence-corrected chi connectivity index (χ3v) is 5.45. The Bertz CT molecular complexity index is 414. The Morgan fingerprint density at radius 2 is 1.92 bits per heavy atom. The molecule has 0 aliphatic heterocycles. The van der Waals surface area contributed by atoms with Gasteiger partial charge in [-0.3, -0.25) is 4.79 Å². The van der Waals surface area contributed by atoms with Gasteiger partial charge in [-0.1, -0.05) is 57.1 Å². The van der Waals surface area contributed by atoms with Crippen LogP contribution in [0.5, 0.6) is 0 Å². The molecule has 1 unspecified atom stereocenters. The lowest BCUT2D eigenvalue weighted by Crippen LogP contribution is -2.23. The lowest BCUT2D eigenvalue weighted by Gasteiger charge is -2.23. The van der Waals surface area contributed by atoms with Crippen molar-refractivity contribution in [2.45, 2.75) is 109 Å². The molecule has 0 heterocycles. The second-order valence-electron chi connectivity index (χ2n) is 8.00. The molecule has 1 fully saturated rings. The van der Waals surface area contributed by atoms with Crippen LogP contribution >= 0.6 is 0 Å². The molecule has 1 aliphatic carbocycles. The van der Waals surface area contributed by atoms with Crippen LogP contribution < -0.4 is 0 Å². The molecule has 1 saturated carbocycles. The minimum atomic E-state index is -0.720. The lowest BCUT2D eigenvalue weighted by molar-refractivity contribution is -0.137. The topological polar surface area (TPSA) is 77.8 Å². The van der Waals surface area contributed by atoms with E-state index in [0.717, 1.165) is 70.6 Å². The van der Waals surface area contributed by atoms with Crippen LogP contribution in [-0.2, 0) is 4.79 Å². The third kappa shape index (κ3) is 9.41. The Kier molecular flexibility index (Phi) is 10.4. The van der Waals surface area contributed by atoms with Crippen LogP contribution in [0, 0.1) is 5.92 Å². The highest BCUT2D eigenvalue weighted by Gasteiger charge is 2.30. The van der Waals surface area contributed by atoms with Crippen molar-refractivity contribution in [3.63, 3.8) is 0 Å². The van der Waals surface area contributed by atoms with Crippen molar-refractivity contribution >= 4 is 5.97 Å². The second-order valence-corrected chi connectivity index (χ2v) is 8.00. The number of aliphatic hydroxyl groups excluding tert-OH is 1. The molecule has 3 atom stereocenters. The van der Waals surface area contributed by atoms with Gasteiger partial charge in [0.1, 0.15) is 0 Å². The molecule has 1 aliphatic rings. The summed E-state index contributed by atoms with van der Waals surface area (Å²) in [4.78, 5) is 10.5. The maximum Gasteiger partial charge on any atom is 0.303 e. The number of aliphatic hydroxyl groups is 2. The Morgan fingerprint density at radius 3 is 2.60 bits per heavy atom.